The van der Waals surface area contributed by atoms with Crippen LogP contribution in [0, 0.1) is 24.1 Å². The predicted octanol–water partition coefficient (Wildman–Crippen LogP) is 4.73. The summed E-state index contributed by atoms with van der Waals surface area (Å²) in [5, 5.41) is 12.4. The Morgan fingerprint density at radius 3 is 2.59 bits per heavy atom. The third kappa shape index (κ3) is 5.09. The van der Waals surface area contributed by atoms with E-state index in [1.165, 1.54) is 23.5 Å². The normalized spacial score (nSPS) is 11.1. The van der Waals surface area contributed by atoms with Gasteiger partial charge < -0.3 is 0 Å². The van der Waals surface area contributed by atoms with Crippen LogP contribution in [0.15, 0.2) is 60.3 Å². The third-order valence-corrected chi connectivity index (χ3v) is 4.73. The van der Waals surface area contributed by atoms with Gasteiger partial charge in [0.1, 0.15) is 17.5 Å². The van der Waals surface area contributed by atoms with Crippen molar-refractivity contribution in [1.29, 1.82) is 5.26 Å². The molecule has 4 nitrogen and oxygen atoms in total. The fourth-order valence-electron chi connectivity index (χ4n) is 2.39. The Morgan fingerprint density at radius 2 is 1.93 bits per heavy atom. The number of carbonyl (C=O) groups is 1. The molecule has 0 spiro atoms. The maximum atomic E-state index is 13.0. The Morgan fingerprint density at radius 1 is 1.22 bits per heavy atom. The molecule has 0 saturated heterocycles. The monoisotopic (exact) mass is 377 g/mol. The van der Waals surface area contributed by atoms with E-state index in [4.69, 9.17) is 0 Å². The van der Waals surface area contributed by atoms with E-state index in [-0.39, 0.29) is 11.4 Å². The average molecular weight is 377 g/mol. The van der Waals surface area contributed by atoms with Gasteiger partial charge >= 0.3 is 0 Å². The van der Waals surface area contributed by atoms with Crippen LogP contribution in [0.4, 0.5) is 9.52 Å². The topological polar surface area (TPSA) is 65.8 Å². The quantitative estimate of drug-likeness (QED) is 0.516. The number of rotatable bonds is 5. The summed E-state index contributed by atoms with van der Waals surface area (Å²) in [6, 6.07) is 15.7. The molecule has 1 N–H and O–H groups in total. The molecular formula is C21H16FN3OS. The smallest absolute Gasteiger partial charge is 0.268 e. The summed E-state index contributed by atoms with van der Waals surface area (Å²) in [6.45, 7) is 1.97. The van der Waals surface area contributed by atoms with Gasteiger partial charge in [-0.15, -0.1) is 11.3 Å². The lowest BCUT2D eigenvalue weighted by atomic mass is 10.1. The highest BCUT2D eigenvalue weighted by Crippen LogP contribution is 2.22. The highest BCUT2D eigenvalue weighted by Gasteiger charge is 2.12. The first-order valence-electron chi connectivity index (χ1n) is 8.22. The molecule has 0 aliphatic heterocycles. The van der Waals surface area contributed by atoms with Crippen molar-refractivity contribution in [3.63, 3.8) is 0 Å². The number of nitrogens with zero attached hydrogens (tertiary/aromatic N) is 2. The fraction of sp³-hybridized carbons (Fsp3) is 0.0952. The molecule has 0 radical (unpaired) electrons. The average Bonchev–Trinajstić information content (AvgIpc) is 3.10. The number of hydrogen-bond acceptors (Lipinski definition) is 4. The molecule has 3 aromatic rings. The molecule has 134 valence electrons. The van der Waals surface area contributed by atoms with E-state index in [0.717, 1.165) is 21.6 Å². The summed E-state index contributed by atoms with van der Waals surface area (Å²) in [6.07, 6.45) is 3.80. The zero-order valence-corrected chi connectivity index (χ0v) is 15.4. The molecular weight excluding hydrogens is 361 g/mol. The number of anilines is 1. The Hall–Kier alpha value is -3.30. The predicted molar refractivity (Wildman–Crippen MR) is 105 cm³/mol. The Balaban J connectivity index is 1.68. The van der Waals surface area contributed by atoms with E-state index >= 15 is 0 Å². The number of aryl methyl sites for hydroxylation is 1. The third-order valence-electron chi connectivity index (χ3n) is 3.82. The van der Waals surface area contributed by atoms with Crippen molar-refractivity contribution in [2.75, 3.05) is 5.32 Å². The molecule has 0 fully saturated rings. The number of nitriles is 1. The number of benzene rings is 2. The number of amides is 1. The van der Waals surface area contributed by atoms with E-state index < -0.39 is 5.91 Å². The molecule has 1 heterocycles. The van der Waals surface area contributed by atoms with Crippen LogP contribution >= 0.6 is 11.3 Å². The van der Waals surface area contributed by atoms with Gasteiger partial charge in [-0.2, -0.15) is 5.26 Å². The number of aromatic nitrogens is 1. The number of thiazole rings is 1. The van der Waals surface area contributed by atoms with Crippen LogP contribution in [0.2, 0.25) is 0 Å². The minimum atomic E-state index is -0.499. The molecule has 6 heteroatoms. The molecule has 0 unspecified atom stereocenters. The van der Waals surface area contributed by atoms with Gasteiger partial charge in [-0.1, -0.05) is 42.0 Å². The van der Waals surface area contributed by atoms with E-state index in [1.54, 1.807) is 24.4 Å². The molecule has 3 rings (SSSR count). The first-order chi connectivity index (χ1) is 13.0. The second kappa shape index (κ2) is 8.39. The van der Waals surface area contributed by atoms with Crippen LogP contribution in [0.5, 0.6) is 0 Å². The standard InChI is InChI=1S/C21H16FN3OS/c1-14-2-4-15(5-3-14)10-17(12-23)20(26)25-21-24-13-19(27-21)11-16-6-8-18(22)9-7-16/h2-10,13H,11H2,1H3,(H,24,25,26). The number of carbonyl (C=O) groups excluding carboxylic acids is 1. The highest BCUT2D eigenvalue weighted by atomic mass is 32.1. The minimum Gasteiger partial charge on any atom is -0.297 e. The molecule has 0 aliphatic carbocycles. The second-order valence-corrected chi connectivity index (χ2v) is 7.08. The van der Waals surface area contributed by atoms with Crippen LogP contribution in [-0.2, 0) is 11.2 Å². The van der Waals surface area contributed by atoms with Crippen molar-refractivity contribution < 1.29 is 9.18 Å². The fourth-order valence-corrected chi connectivity index (χ4v) is 3.23. The lowest BCUT2D eigenvalue weighted by Crippen LogP contribution is -2.13. The first-order valence-corrected chi connectivity index (χ1v) is 9.04. The van der Waals surface area contributed by atoms with Gasteiger partial charge in [0, 0.05) is 17.5 Å². The van der Waals surface area contributed by atoms with Gasteiger partial charge in [0.15, 0.2) is 5.13 Å². The Bertz CT molecular complexity index is 1010. The van der Waals surface area contributed by atoms with E-state index in [9.17, 15) is 14.4 Å². The lowest BCUT2D eigenvalue weighted by molar-refractivity contribution is -0.112. The lowest BCUT2D eigenvalue weighted by Gasteiger charge is -2.01. The molecule has 2 aromatic carbocycles. The largest absolute Gasteiger partial charge is 0.297 e. The number of nitrogens with one attached hydrogen (secondary N) is 1. The van der Waals surface area contributed by atoms with Crippen LogP contribution < -0.4 is 5.32 Å². The minimum absolute atomic E-state index is 0.00846. The Kier molecular flexibility index (Phi) is 5.74. The molecule has 0 bridgehead atoms. The van der Waals surface area contributed by atoms with Crippen LogP contribution in [0.25, 0.3) is 6.08 Å². The maximum Gasteiger partial charge on any atom is 0.268 e. The summed E-state index contributed by atoms with van der Waals surface area (Å²) in [5.74, 6) is -0.777. The van der Waals surface area contributed by atoms with Gasteiger partial charge in [-0.25, -0.2) is 9.37 Å². The van der Waals surface area contributed by atoms with E-state index in [0.29, 0.717) is 11.6 Å². The summed E-state index contributed by atoms with van der Waals surface area (Å²) in [7, 11) is 0. The van der Waals surface area contributed by atoms with Crippen LogP contribution in [-0.4, -0.2) is 10.9 Å². The van der Waals surface area contributed by atoms with Crippen molar-refractivity contribution >= 4 is 28.5 Å². The van der Waals surface area contributed by atoms with Gasteiger partial charge in [-0.3, -0.25) is 10.1 Å². The Labute approximate surface area is 160 Å². The van der Waals surface area contributed by atoms with E-state index in [1.807, 2.05) is 37.3 Å². The van der Waals surface area contributed by atoms with Gasteiger partial charge in [-0.05, 0) is 36.3 Å². The van der Waals surface area contributed by atoms with Gasteiger partial charge in [0.05, 0.1) is 0 Å². The number of halogens is 1. The molecule has 0 aliphatic rings. The van der Waals surface area contributed by atoms with E-state index in [2.05, 4.69) is 10.3 Å². The summed E-state index contributed by atoms with van der Waals surface area (Å²) < 4.78 is 13.0. The molecule has 1 aromatic heterocycles. The molecule has 1 amide bonds. The summed E-state index contributed by atoms with van der Waals surface area (Å²) in [5.41, 5.74) is 2.85. The summed E-state index contributed by atoms with van der Waals surface area (Å²) in [4.78, 5) is 17.5. The highest BCUT2D eigenvalue weighted by molar-refractivity contribution is 7.15. The molecule has 0 atom stereocenters. The van der Waals surface area contributed by atoms with Crippen molar-refractivity contribution in [3.05, 3.63) is 87.7 Å². The van der Waals surface area contributed by atoms with Crippen molar-refractivity contribution in [1.82, 2.24) is 4.98 Å². The van der Waals surface area contributed by atoms with Crippen molar-refractivity contribution in [3.8, 4) is 6.07 Å². The van der Waals surface area contributed by atoms with Crippen LogP contribution in [0.1, 0.15) is 21.6 Å². The number of hydrogen-bond donors (Lipinski definition) is 1. The zero-order valence-electron chi connectivity index (χ0n) is 14.6. The summed E-state index contributed by atoms with van der Waals surface area (Å²) >= 11 is 1.32. The maximum absolute atomic E-state index is 13.0. The van der Waals surface area contributed by atoms with Gasteiger partial charge in [0.25, 0.3) is 5.91 Å². The zero-order chi connectivity index (χ0) is 19.2. The van der Waals surface area contributed by atoms with Crippen LogP contribution in [0.3, 0.4) is 0 Å². The van der Waals surface area contributed by atoms with Crippen molar-refractivity contribution in [2.45, 2.75) is 13.3 Å². The van der Waals surface area contributed by atoms with Crippen molar-refractivity contribution in [2.24, 2.45) is 0 Å². The molecule has 0 saturated carbocycles. The second-order valence-electron chi connectivity index (χ2n) is 5.97. The first kappa shape index (κ1) is 18.5. The van der Waals surface area contributed by atoms with Gasteiger partial charge in [0.2, 0.25) is 0 Å². The SMILES string of the molecule is Cc1ccc(C=C(C#N)C(=O)Nc2ncc(Cc3ccc(F)cc3)s2)cc1. The molecule has 27 heavy (non-hydrogen) atoms.